The monoisotopic (exact) mass is 358 g/mol. The van der Waals surface area contributed by atoms with Crippen molar-refractivity contribution >= 4 is 21.6 Å². The maximum atomic E-state index is 12.4. The Labute approximate surface area is 148 Å². The SMILES string of the molecule is Cc1ccc(CS(=O)(=O)Nc2cccc(C(=O)N3CCCC3)c2)cc1. The van der Waals surface area contributed by atoms with Gasteiger partial charge in [-0.05, 0) is 43.5 Å². The highest BCUT2D eigenvalue weighted by Gasteiger charge is 2.20. The van der Waals surface area contributed by atoms with Crippen molar-refractivity contribution in [1.82, 2.24) is 4.90 Å². The molecule has 0 atom stereocenters. The maximum Gasteiger partial charge on any atom is 0.253 e. The molecule has 5 nitrogen and oxygen atoms in total. The number of hydrogen-bond donors (Lipinski definition) is 1. The van der Waals surface area contributed by atoms with Crippen LogP contribution in [0.1, 0.15) is 34.3 Å². The molecule has 1 heterocycles. The van der Waals surface area contributed by atoms with Crippen LogP contribution in [0.3, 0.4) is 0 Å². The first-order valence-electron chi connectivity index (χ1n) is 8.38. The number of sulfonamides is 1. The summed E-state index contributed by atoms with van der Waals surface area (Å²) in [5.74, 6) is -0.144. The molecule has 3 rings (SSSR count). The zero-order valence-electron chi connectivity index (χ0n) is 14.2. The van der Waals surface area contributed by atoms with Gasteiger partial charge >= 0.3 is 0 Å². The van der Waals surface area contributed by atoms with Gasteiger partial charge in [0.2, 0.25) is 10.0 Å². The van der Waals surface area contributed by atoms with Gasteiger partial charge in [0, 0.05) is 24.3 Å². The maximum absolute atomic E-state index is 12.4. The summed E-state index contributed by atoms with van der Waals surface area (Å²) in [4.78, 5) is 14.2. The first-order chi connectivity index (χ1) is 11.9. The molecule has 1 saturated heterocycles. The average Bonchev–Trinajstić information content (AvgIpc) is 3.10. The van der Waals surface area contributed by atoms with Gasteiger partial charge in [-0.2, -0.15) is 0 Å². The second-order valence-electron chi connectivity index (χ2n) is 6.43. The molecule has 1 amide bonds. The molecule has 25 heavy (non-hydrogen) atoms. The lowest BCUT2D eigenvalue weighted by atomic mass is 10.2. The number of likely N-dealkylation sites (tertiary alicyclic amines) is 1. The summed E-state index contributed by atoms with van der Waals surface area (Å²) in [5.41, 5.74) is 2.74. The van der Waals surface area contributed by atoms with Crippen molar-refractivity contribution in [2.75, 3.05) is 17.8 Å². The molecule has 6 heteroatoms. The quantitative estimate of drug-likeness (QED) is 0.893. The molecular formula is C19H22N2O3S. The zero-order chi connectivity index (χ0) is 17.9. The van der Waals surface area contributed by atoms with Gasteiger partial charge in [-0.1, -0.05) is 35.9 Å². The molecule has 0 unspecified atom stereocenters. The van der Waals surface area contributed by atoms with E-state index in [2.05, 4.69) is 4.72 Å². The van der Waals surface area contributed by atoms with E-state index >= 15 is 0 Å². The molecule has 0 bridgehead atoms. The fraction of sp³-hybridized carbons (Fsp3) is 0.316. The van der Waals surface area contributed by atoms with Gasteiger partial charge < -0.3 is 4.90 Å². The second kappa shape index (κ2) is 7.27. The van der Waals surface area contributed by atoms with Crippen LogP contribution in [0.15, 0.2) is 48.5 Å². The normalized spacial score (nSPS) is 14.5. The molecular weight excluding hydrogens is 336 g/mol. The Bertz CT molecular complexity index is 854. The van der Waals surface area contributed by atoms with Crippen molar-refractivity contribution < 1.29 is 13.2 Å². The third-order valence-electron chi connectivity index (χ3n) is 4.25. The Morgan fingerprint density at radius 3 is 2.44 bits per heavy atom. The zero-order valence-corrected chi connectivity index (χ0v) is 15.1. The summed E-state index contributed by atoms with van der Waals surface area (Å²) in [6.45, 7) is 3.49. The van der Waals surface area contributed by atoms with Crippen molar-refractivity contribution in [3.8, 4) is 0 Å². The van der Waals surface area contributed by atoms with Gasteiger partial charge in [0.1, 0.15) is 0 Å². The summed E-state index contributed by atoms with van der Waals surface area (Å²) >= 11 is 0. The number of benzene rings is 2. The molecule has 0 aromatic heterocycles. The van der Waals surface area contributed by atoms with Crippen LogP contribution in [0, 0.1) is 6.92 Å². The van der Waals surface area contributed by atoms with E-state index < -0.39 is 10.0 Å². The van der Waals surface area contributed by atoms with E-state index in [4.69, 9.17) is 0 Å². The highest BCUT2D eigenvalue weighted by molar-refractivity contribution is 7.91. The van der Waals surface area contributed by atoms with Crippen molar-refractivity contribution in [3.63, 3.8) is 0 Å². The first-order valence-corrected chi connectivity index (χ1v) is 10.0. The third kappa shape index (κ3) is 4.60. The van der Waals surface area contributed by atoms with Crippen LogP contribution in [-0.4, -0.2) is 32.3 Å². The van der Waals surface area contributed by atoms with E-state index in [0.29, 0.717) is 11.3 Å². The minimum Gasteiger partial charge on any atom is -0.339 e. The molecule has 1 N–H and O–H groups in total. The smallest absolute Gasteiger partial charge is 0.253 e. The minimum absolute atomic E-state index is 0.0444. The average molecular weight is 358 g/mol. The first kappa shape index (κ1) is 17.5. The van der Waals surface area contributed by atoms with Crippen LogP contribution in [0.4, 0.5) is 5.69 Å². The number of amides is 1. The number of nitrogens with zero attached hydrogens (tertiary/aromatic N) is 1. The van der Waals surface area contributed by atoms with E-state index in [-0.39, 0.29) is 11.7 Å². The van der Waals surface area contributed by atoms with E-state index in [1.165, 1.54) is 0 Å². The van der Waals surface area contributed by atoms with E-state index in [9.17, 15) is 13.2 Å². The molecule has 0 spiro atoms. The summed E-state index contributed by atoms with van der Waals surface area (Å²) < 4.78 is 27.3. The molecule has 2 aromatic carbocycles. The third-order valence-corrected chi connectivity index (χ3v) is 5.51. The van der Waals surface area contributed by atoms with Crippen molar-refractivity contribution in [1.29, 1.82) is 0 Å². The lowest BCUT2D eigenvalue weighted by molar-refractivity contribution is 0.0793. The van der Waals surface area contributed by atoms with Crippen LogP contribution >= 0.6 is 0 Å². The van der Waals surface area contributed by atoms with Crippen molar-refractivity contribution in [2.24, 2.45) is 0 Å². The van der Waals surface area contributed by atoms with Crippen LogP contribution in [0.25, 0.3) is 0 Å². The molecule has 1 fully saturated rings. The number of carbonyl (C=O) groups is 1. The van der Waals surface area contributed by atoms with Gasteiger partial charge in [-0.3, -0.25) is 9.52 Å². The predicted molar refractivity (Wildman–Crippen MR) is 99.0 cm³/mol. The van der Waals surface area contributed by atoms with Crippen molar-refractivity contribution in [3.05, 3.63) is 65.2 Å². The number of aryl methyl sites for hydroxylation is 1. The van der Waals surface area contributed by atoms with Crippen LogP contribution < -0.4 is 4.72 Å². The fourth-order valence-corrected chi connectivity index (χ4v) is 4.13. The van der Waals surface area contributed by atoms with Gasteiger partial charge in [-0.15, -0.1) is 0 Å². The topological polar surface area (TPSA) is 66.5 Å². The number of nitrogens with one attached hydrogen (secondary N) is 1. The summed E-state index contributed by atoms with van der Waals surface area (Å²) in [7, 11) is -3.54. The number of carbonyl (C=O) groups excluding carboxylic acids is 1. The van der Waals surface area contributed by atoms with Gasteiger partial charge in [0.05, 0.1) is 5.75 Å². The summed E-state index contributed by atoms with van der Waals surface area (Å²) in [5, 5.41) is 0. The standard InChI is InChI=1S/C19H22N2O3S/c1-15-7-9-16(10-8-15)14-25(23,24)20-18-6-4-5-17(13-18)19(22)21-11-2-3-12-21/h4-10,13,20H,2-3,11-12,14H2,1H3. The Morgan fingerprint density at radius 1 is 1.08 bits per heavy atom. The second-order valence-corrected chi connectivity index (χ2v) is 8.15. The highest BCUT2D eigenvalue weighted by Crippen LogP contribution is 2.18. The van der Waals surface area contributed by atoms with Gasteiger partial charge in [0.15, 0.2) is 0 Å². The van der Waals surface area contributed by atoms with Crippen LogP contribution in [0.2, 0.25) is 0 Å². The van der Waals surface area contributed by atoms with Gasteiger partial charge in [-0.25, -0.2) is 8.42 Å². The Balaban J connectivity index is 1.72. The lowest BCUT2D eigenvalue weighted by Crippen LogP contribution is -2.27. The molecule has 1 aliphatic heterocycles. The number of rotatable bonds is 5. The van der Waals surface area contributed by atoms with E-state index in [0.717, 1.165) is 37.1 Å². The minimum atomic E-state index is -3.54. The van der Waals surface area contributed by atoms with E-state index in [1.807, 2.05) is 31.2 Å². The molecule has 0 saturated carbocycles. The Morgan fingerprint density at radius 2 is 1.76 bits per heavy atom. The number of anilines is 1. The van der Waals surface area contributed by atoms with Crippen LogP contribution in [-0.2, 0) is 15.8 Å². The highest BCUT2D eigenvalue weighted by atomic mass is 32.2. The van der Waals surface area contributed by atoms with Crippen LogP contribution in [0.5, 0.6) is 0 Å². The largest absolute Gasteiger partial charge is 0.339 e. The van der Waals surface area contributed by atoms with Crippen molar-refractivity contribution in [2.45, 2.75) is 25.5 Å². The van der Waals surface area contributed by atoms with E-state index in [1.54, 1.807) is 29.2 Å². The van der Waals surface area contributed by atoms with Gasteiger partial charge in [0.25, 0.3) is 5.91 Å². The molecule has 0 radical (unpaired) electrons. The summed E-state index contributed by atoms with van der Waals surface area (Å²) in [6.07, 6.45) is 2.04. The Hall–Kier alpha value is -2.34. The molecule has 1 aliphatic rings. The summed E-state index contributed by atoms with van der Waals surface area (Å²) in [6, 6.07) is 14.1. The molecule has 132 valence electrons. The Kier molecular flexibility index (Phi) is 5.08. The number of hydrogen-bond acceptors (Lipinski definition) is 3. The molecule has 0 aliphatic carbocycles. The predicted octanol–water partition coefficient (Wildman–Crippen LogP) is 3.17. The molecule has 2 aromatic rings. The lowest BCUT2D eigenvalue weighted by Gasteiger charge is -2.16. The fourth-order valence-electron chi connectivity index (χ4n) is 2.94.